The third-order valence-corrected chi connectivity index (χ3v) is 7.07. The molecule has 0 unspecified atom stereocenters. The highest BCUT2D eigenvalue weighted by Gasteiger charge is 2.20. The maximum absolute atomic E-state index is 9.31. The third-order valence-electron chi connectivity index (χ3n) is 7.07. The van der Waals surface area contributed by atoms with E-state index in [1.165, 1.54) is 0 Å². The van der Waals surface area contributed by atoms with E-state index in [0.29, 0.717) is 38.2 Å². The van der Waals surface area contributed by atoms with E-state index < -0.39 is 24.2 Å². The van der Waals surface area contributed by atoms with Crippen molar-refractivity contribution >= 4 is 43.5 Å². The Morgan fingerprint density at radius 2 is 1.08 bits per heavy atom. The predicted molar refractivity (Wildman–Crippen MR) is 165 cm³/mol. The molecule has 0 bridgehead atoms. The summed E-state index contributed by atoms with van der Waals surface area (Å²) in [7, 11) is 0. The van der Waals surface area contributed by atoms with Crippen LogP contribution < -0.4 is 0 Å². The zero-order valence-corrected chi connectivity index (χ0v) is 20.4. The van der Waals surface area contributed by atoms with Gasteiger partial charge in [-0.3, -0.25) is 0 Å². The van der Waals surface area contributed by atoms with Gasteiger partial charge in [0.2, 0.25) is 0 Å². The molecule has 0 radical (unpaired) electrons. The van der Waals surface area contributed by atoms with Gasteiger partial charge in [0.15, 0.2) is 0 Å². The summed E-state index contributed by atoms with van der Waals surface area (Å²) in [5.74, 6) is 0. The summed E-state index contributed by atoms with van der Waals surface area (Å²) < 4.78 is 103. The van der Waals surface area contributed by atoms with Crippen LogP contribution in [0.25, 0.3) is 76.9 Å². The number of rotatable bonds is 3. The minimum absolute atomic E-state index is 0.0159. The van der Waals surface area contributed by atoms with Gasteiger partial charge in [0.05, 0.1) is 15.1 Å². The second kappa shape index (κ2) is 8.72. The molecule has 0 aliphatic rings. The minimum Gasteiger partial charge on any atom is -0.456 e. The molecule has 8 aromatic rings. The zero-order chi connectivity index (χ0) is 35.3. The highest BCUT2D eigenvalue weighted by Crippen LogP contribution is 2.46. The van der Waals surface area contributed by atoms with E-state index in [1.54, 1.807) is 78.9 Å². The summed E-state index contributed by atoms with van der Waals surface area (Å²) in [6.07, 6.45) is 0. The van der Waals surface area contributed by atoms with Crippen LogP contribution in [0.4, 0.5) is 0 Å². The average molecular weight is 508 g/mol. The number of hydrogen-bond donors (Lipinski definition) is 0. The van der Waals surface area contributed by atoms with Gasteiger partial charge in [-0.05, 0) is 73.1 Å². The van der Waals surface area contributed by atoms with Gasteiger partial charge >= 0.3 is 0 Å². The van der Waals surface area contributed by atoms with Gasteiger partial charge in [-0.1, -0.05) is 127 Å². The fraction of sp³-hybridized carbons (Fsp3) is 0. The lowest BCUT2D eigenvalue weighted by Crippen LogP contribution is -1.91. The van der Waals surface area contributed by atoms with Crippen molar-refractivity contribution in [1.29, 1.82) is 0 Å². The number of benzene rings is 7. The molecule has 182 valence electrons. The van der Waals surface area contributed by atoms with Crippen LogP contribution in [0.15, 0.2) is 150 Å². The first kappa shape index (κ1) is 13.6. The van der Waals surface area contributed by atoms with Crippen LogP contribution in [0.3, 0.4) is 0 Å². The van der Waals surface area contributed by atoms with Gasteiger partial charge < -0.3 is 4.42 Å². The first-order valence-corrected chi connectivity index (χ1v) is 12.5. The van der Waals surface area contributed by atoms with Crippen molar-refractivity contribution in [2.75, 3.05) is 0 Å². The molecule has 0 amide bonds. The van der Waals surface area contributed by atoms with E-state index in [2.05, 4.69) is 0 Å². The molecule has 1 aromatic heterocycles. The Morgan fingerprint density at radius 3 is 1.77 bits per heavy atom. The molecule has 0 fully saturated rings. The molecule has 0 N–H and O–H groups in total. The van der Waals surface area contributed by atoms with E-state index in [1.807, 2.05) is 0 Å². The largest absolute Gasteiger partial charge is 0.456 e. The summed E-state index contributed by atoms with van der Waals surface area (Å²) in [5, 5.41) is 2.32. The Kier molecular flexibility index (Phi) is 3.04. The molecule has 8 rings (SSSR count). The molecule has 0 saturated carbocycles. The van der Waals surface area contributed by atoms with E-state index in [0.717, 1.165) is 0 Å². The Bertz CT molecular complexity index is 2680. The molecule has 0 saturated heterocycles. The van der Waals surface area contributed by atoms with Crippen molar-refractivity contribution in [2.24, 2.45) is 0 Å². The summed E-state index contributed by atoms with van der Waals surface area (Å²) in [6, 6.07) is 19.0. The topological polar surface area (TPSA) is 13.1 Å². The van der Waals surface area contributed by atoms with Crippen LogP contribution in [0.1, 0.15) is 15.1 Å². The average Bonchev–Trinajstić information content (AvgIpc) is 3.53. The SMILES string of the molecule is [2H]c1c([2H])c([2H])c(-c2c3ccccc3c(-c3c([2H])c([2H])c([2H])c4oc5c([2H])c(-c6ccccc6)c([2H])c([2H])c5c34)c3ccccc23)c([2H])c1[2H]. The van der Waals surface area contributed by atoms with E-state index in [9.17, 15) is 2.74 Å². The van der Waals surface area contributed by atoms with Gasteiger partial charge in [-0.15, -0.1) is 0 Å². The smallest absolute Gasteiger partial charge is 0.136 e. The van der Waals surface area contributed by atoms with Gasteiger partial charge in [0.25, 0.3) is 0 Å². The van der Waals surface area contributed by atoms with Gasteiger partial charge in [0.1, 0.15) is 11.2 Å². The Balaban J connectivity index is 1.60. The van der Waals surface area contributed by atoms with Crippen LogP contribution in [0.2, 0.25) is 0 Å². The normalized spacial score (nSPS) is 15.5. The van der Waals surface area contributed by atoms with Crippen LogP contribution in [0, 0.1) is 0 Å². The standard InChI is InChI=1S/C38H24O/c1-3-12-25(13-4-1)27-22-23-32-35(24-27)39-34-21-11-20-33(38(32)34)37-30-18-9-7-16-28(30)36(26-14-5-2-6-15-26)29-17-8-10-19-31(29)37/h1-24H/i2D,5D,6D,11D,14D,15D,20D,21D,22D,23D,24D. The fourth-order valence-electron chi connectivity index (χ4n) is 5.43. The lowest BCUT2D eigenvalue weighted by molar-refractivity contribution is 0.669. The molecular formula is C38H24O. The second-order valence-electron chi connectivity index (χ2n) is 9.22. The molecule has 1 heterocycles. The Labute approximate surface area is 242 Å². The lowest BCUT2D eigenvalue weighted by atomic mass is 9.85. The molecule has 0 spiro atoms. The predicted octanol–water partition coefficient (Wildman–Crippen LogP) is 10.9. The second-order valence-corrected chi connectivity index (χ2v) is 9.22. The van der Waals surface area contributed by atoms with Crippen LogP contribution >= 0.6 is 0 Å². The maximum Gasteiger partial charge on any atom is 0.136 e. The molecule has 1 heteroatoms. The number of hydrogen-bond acceptors (Lipinski definition) is 1. The van der Waals surface area contributed by atoms with E-state index in [-0.39, 0.29) is 80.9 Å². The van der Waals surface area contributed by atoms with E-state index >= 15 is 0 Å². The van der Waals surface area contributed by atoms with Gasteiger partial charge in [-0.25, -0.2) is 0 Å². The summed E-state index contributed by atoms with van der Waals surface area (Å²) in [4.78, 5) is 0. The molecule has 0 atom stereocenters. The minimum atomic E-state index is -0.510. The Morgan fingerprint density at radius 1 is 0.436 bits per heavy atom. The molecule has 0 aliphatic heterocycles. The van der Waals surface area contributed by atoms with Crippen molar-refractivity contribution in [1.82, 2.24) is 0 Å². The quantitative estimate of drug-likeness (QED) is 0.217. The fourth-order valence-corrected chi connectivity index (χ4v) is 5.43. The number of fused-ring (bicyclic) bond motifs is 5. The Hall–Kier alpha value is -5.14. The van der Waals surface area contributed by atoms with Crippen molar-refractivity contribution in [3.05, 3.63) is 145 Å². The van der Waals surface area contributed by atoms with Crippen molar-refractivity contribution in [2.45, 2.75) is 0 Å². The molecular weight excluding hydrogens is 472 g/mol. The van der Waals surface area contributed by atoms with E-state index in [4.69, 9.17) is 16.8 Å². The summed E-state index contributed by atoms with van der Waals surface area (Å²) in [6.45, 7) is 0. The first-order chi connectivity index (χ1) is 24.0. The number of furan rings is 1. The third kappa shape index (κ3) is 3.41. The van der Waals surface area contributed by atoms with Crippen molar-refractivity contribution in [3.63, 3.8) is 0 Å². The monoisotopic (exact) mass is 507 g/mol. The van der Waals surface area contributed by atoms with Gasteiger partial charge in [0, 0.05) is 10.8 Å². The highest BCUT2D eigenvalue weighted by molar-refractivity contribution is 6.25. The van der Waals surface area contributed by atoms with Crippen molar-refractivity contribution < 1.29 is 19.5 Å². The molecule has 1 nitrogen and oxygen atoms in total. The lowest BCUT2D eigenvalue weighted by Gasteiger charge is -2.18. The molecule has 0 aliphatic carbocycles. The first-order valence-electron chi connectivity index (χ1n) is 18.0. The van der Waals surface area contributed by atoms with Crippen molar-refractivity contribution in [3.8, 4) is 33.4 Å². The summed E-state index contributed by atoms with van der Waals surface area (Å²) in [5.41, 5.74) is 1.63. The molecule has 7 aromatic carbocycles. The van der Waals surface area contributed by atoms with Gasteiger partial charge in [-0.2, -0.15) is 0 Å². The van der Waals surface area contributed by atoms with Crippen LogP contribution in [-0.4, -0.2) is 0 Å². The maximum atomic E-state index is 9.31. The zero-order valence-electron chi connectivity index (χ0n) is 31.4. The molecule has 39 heavy (non-hydrogen) atoms. The van der Waals surface area contributed by atoms with Crippen LogP contribution in [-0.2, 0) is 0 Å². The van der Waals surface area contributed by atoms with Crippen LogP contribution in [0.5, 0.6) is 0 Å². The highest BCUT2D eigenvalue weighted by atomic mass is 16.3. The summed E-state index contributed by atoms with van der Waals surface area (Å²) >= 11 is 0.